The number of carboxylic acids is 1. The summed E-state index contributed by atoms with van der Waals surface area (Å²) >= 11 is 0. The number of aliphatic carboxylic acids is 1. The van der Waals surface area contributed by atoms with Crippen molar-refractivity contribution in [3.05, 3.63) is 113 Å². The van der Waals surface area contributed by atoms with E-state index in [9.17, 15) is 19.5 Å². The molecule has 10 heteroatoms. The zero-order valence-corrected chi connectivity index (χ0v) is 22.3. The van der Waals surface area contributed by atoms with Gasteiger partial charge in [0.1, 0.15) is 6.61 Å². The zero-order valence-electron chi connectivity index (χ0n) is 22.3. The van der Waals surface area contributed by atoms with Gasteiger partial charge in [0.2, 0.25) is 0 Å². The number of carbonyl (C=O) groups is 3. The maximum atomic E-state index is 12.9. The molecule has 0 spiro atoms. The van der Waals surface area contributed by atoms with E-state index in [0.29, 0.717) is 0 Å². The molecular formula is C31H29N3O7. The lowest BCUT2D eigenvalue weighted by Crippen LogP contribution is -2.48. The van der Waals surface area contributed by atoms with Gasteiger partial charge in [-0.15, -0.1) is 0 Å². The van der Waals surface area contributed by atoms with Crippen molar-refractivity contribution >= 4 is 18.0 Å². The number of ether oxygens (including phenoxy) is 2. The predicted molar refractivity (Wildman–Crippen MR) is 148 cm³/mol. The largest absolute Gasteiger partial charge is 0.480 e. The number of benzene rings is 3. The highest BCUT2D eigenvalue weighted by Gasteiger charge is 2.31. The van der Waals surface area contributed by atoms with Crippen LogP contribution < -0.4 is 10.6 Å². The van der Waals surface area contributed by atoms with Crippen LogP contribution in [0.5, 0.6) is 0 Å². The van der Waals surface area contributed by atoms with Gasteiger partial charge in [-0.05, 0) is 34.7 Å². The standard InChI is InChI=1S/C31H29N3O7/c1-19(39-16-20-9-3-2-4-10-20)27(30(36)37)34-29(35)28-26(41-18-33-28)15-32-31(38)40-17-25-23-13-7-5-11-21(23)22-12-6-8-14-24(22)25/h2-14,18-19,25,27H,15-17H2,1H3,(H,32,38)(H,34,35)(H,36,37). The van der Waals surface area contributed by atoms with Crippen molar-refractivity contribution in [3.8, 4) is 11.1 Å². The molecule has 1 aliphatic carbocycles. The minimum Gasteiger partial charge on any atom is -0.480 e. The Kier molecular flexibility index (Phi) is 8.40. The summed E-state index contributed by atoms with van der Waals surface area (Å²) in [6.07, 6.45) is -0.485. The first-order valence-corrected chi connectivity index (χ1v) is 13.1. The number of hydrogen-bond donors (Lipinski definition) is 3. The molecule has 3 aromatic carbocycles. The van der Waals surface area contributed by atoms with Gasteiger partial charge in [0.25, 0.3) is 5.91 Å². The molecule has 0 aliphatic heterocycles. The highest BCUT2D eigenvalue weighted by Crippen LogP contribution is 2.44. The van der Waals surface area contributed by atoms with E-state index in [1.54, 1.807) is 6.92 Å². The van der Waals surface area contributed by atoms with Gasteiger partial charge in [-0.25, -0.2) is 14.6 Å². The molecule has 2 atom stereocenters. The van der Waals surface area contributed by atoms with Crippen molar-refractivity contribution in [2.75, 3.05) is 6.61 Å². The number of nitrogens with one attached hydrogen (secondary N) is 2. The van der Waals surface area contributed by atoms with Crippen LogP contribution >= 0.6 is 0 Å². The van der Waals surface area contributed by atoms with Gasteiger partial charge in [0, 0.05) is 5.92 Å². The number of nitrogens with zero attached hydrogens (tertiary/aromatic N) is 1. The number of carbonyl (C=O) groups excluding carboxylic acids is 2. The average molecular weight is 556 g/mol. The number of carboxylic acid groups (broad SMARTS) is 1. The van der Waals surface area contributed by atoms with Crippen LogP contribution in [0.15, 0.2) is 89.7 Å². The van der Waals surface area contributed by atoms with Crippen molar-refractivity contribution in [2.45, 2.75) is 38.1 Å². The summed E-state index contributed by atoms with van der Waals surface area (Å²) in [7, 11) is 0. The predicted octanol–water partition coefficient (Wildman–Crippen LogP) is 4.50. The number of fused-ring (bicyclic) bond motifs is 3. The van der Waals surface area contributed by atoms with E-state index in [2.05, 4.69) is 27.8 Å². The molecule has 210 valence electrons. The van der Waals surface area contributed by atoms with E-state index < -0.39 is 30.1 Å². The smallest absolute Gasteiger partial charge is 0.407 e. The molecule has 10 nitrogen and oxygen atoms in total. The Morgan fingerprint density at radius 1 is 0.951 bits per heavy atom. The molecule has 41 heavy (non-hydrogen) atoms. The number of alkyl carbamates (subject to hydrolysis) is 1. The summed E-state index contributed by atoms with van der Waals surface area (Å²) in [5.41, 5.74) is 5.14. The molecule has 4 aromatic rings. The fourth-order valence-electron chi connectivity index (χ4n) is 4.87. The topological polar surface area (TPSA) is 140 Å². The molecule has 0 radical (unpaired) electrons. The summed E-state index contributed by atoms with van der Waals surface area (Å²) in [6.45, 7) is 1.69. The van der Waals surface area contributed by atoms with Gasteiger partial charge in [-0.1, -0.05) is 78.9 Å². The fraction of sp³-hybridized carbons (Fsp3) is 0.226. The van der Waals surface area contributed by atoms with Crippen LogP contribution in [0.1, 0.15) is 45.8 Å². The third kappa shape index (κ3) is 6.28. The van der Waals surface area contributed by atoms with Crippen LogP contribution in [0.25, 0.3) is 11.1 Å². The summed E-state index contributed by atoms with van der Waals surface area (Å²) in [5, 5.41) is 14.7. The van der Waals surface area contributed by atoms with Crippen molar-refractivity contribution in [1.29, 1.82) is 0 Å². The van der Waals surface area contributed by atoms with Crippen LogP contribution in [0.3, 0.4) is 0 Å². The Hall–Kier alpha value is -4.96. The highest BCUT2D eigenvalue weighted by atomic mass is 16.5. The molecule has 2 amide bonds. The van der Waals surface area contributed by atoms with E-state index in [1.807, 2.05) is 66.7 Å². The maximum Gasteiger partial charge on any atom is 0.407 e. The zero-order chi connectivity index (χ0) is 28.8. The number of amides is 2. The van der Waals surface area contributed by atoms with Crippen LogP contribution in [-0.4, -0.2) is 46.8 Å². The summed E-state index contributed by atoms with van der Waals surface area (Å²) in [4.78, 5) is 41.3. The molecule has 0 saturated carbocycles. The van der Waals surface area contributed by atoms with Gasteiger partial charge in [-0.3, -0.25) is 4.79 Å². The Balaban J connectivity index is 1.15. The molecule has 3 N–H and O–H groups in total. The monoisotopic (exact) mass is 555 g/mol. The Labute approximate surface area is 236 Å². The third-order valence-electron chi connectivity index (χ3n) is 6.97. The molecule has 1 aliphatic rings. The molecule has 2 unspecified atom stereocenters. The van der Waals surface area contributed by atoms with E-state index in [4.69, 9.17) is 13.9 Å². The average Bonchev–Trinajstić information content (AvgIpc) is 3.59. The fourth-order valence-corrected chi connectivity index (χ4v) is 4.87. The van der Waals surface area contributed by atoms with Crippen molar-refractivity contribution in [2.24, 2.45) is 0 Å². The number of hydrogen-bond acceptors (Lipinski definition) is 7. The van der Waals surface area contributed by atoms with E-state index in [-0.39, 0.29) is 37.1 Å². The molecule has 0 bridgehead atoms. The molecule has 0 fully saturated rings. The van der Waals surface area contributed by atoms with Crippen LogP contribution in [0, 0.1) is 0 Å². The summed E-state index contributed by atoms with van der Waals surface area (Å²) in [6, 6.07) is 24.0. The molecule has 5 rings (SSSR count). The van der Waals surface area contributed by atoms with E-state index >= 15 is 0 Å². The van der Waals surface area contributed by atoms with Gasteiger partial charge in [0.05, 0.1) is 19.3 Å². The van der Waals surface area contributed by atoms with Crippen LogP contribution in [-0.2, 0) is 27.4 Å². The first kappa shape index (κ1) is 27.6. The Bertz CT molecular complexity index is 1490. The van der Waals surface area contributed by atoms with Crippen LogP contribution in [0.2, 0.25) is 0 Å². The number of rotatable bonds is 11. The van der Waals surface area contributed by atoms with Crippen molar-refractivity contribution in [3.63, 3.8) is 0 Å². The maximum absolute atomic E-state index is 12.9. The van der Waals surface area contributed by atoms with Crippen molar-refractivity contribution < 1.29 is 33.4 Å². The SMILES string of the molecule is CC(OCc1ccccc1)C(NC(=O)c1ncoc1CNC(=O)OCC1c2ccccc2-c2ccccc21)C(=O)O. The second kappa shape index (κ2) is 12.5. The first-order chi connectivity index (χ1) is 19.9. The summed E-state index contributed by atoms with van der Waals surface area (Å²) < 4.78 is 16.5. The quantitative estimate of drug-likeness (QED) is 0.246. The number of aromatic nitrogens is 1. The van der Waals surface area contributed by atoms with Crippen LogP contribution in [0.4, 0.5) is 4.79 Å². The van der Waals surface area contributed by atoms with Gasteiger partial charge in [-0.2, -0.15) is 0 Å². The summed E-state index contributed by atoms with van der Waals surface area (Å²) in [5.74, 6) is -2.08. The van der Waals surface area contributed by atoms with Gasteiger partial charge in [0.15, 0.2) is 23.9 Å². The minimum atomic E-state index is -1.34. The van der Waals surface area contributed by atoms with E-state index in [1.165, 1.54) is 0 Å². The lowest BCUT2D eigenvalue weighted by molar-refractivity contribution is -0.143. The molecular weight excluding hydrogens is 526 g/mol. The van der Waals surface area contributed by atoms with Gasteiger partial charge >= 0.3 is 12.1 Å². The van der Waals surface area contributed by atoms with E-state index in [0.717, 1.165) is 34.2 Å². The second-order valence-electron chi connectivity index (χ2n) is 9.59. The van der Waals surface area contributed by atoms with Crippen molar-refractivity contribution in [1.82, 2.24) is 15.6 Å². The number of oxazole rings is 1. The Morgan fingerprint density at radius 2 is 1.59 bits per heavy atom. The second-order valence-corrected chi connectivity index (χ2v) is 9.59. The minimum absolute atomic E-state index is 0.0537. The first-order valence-electron chi connectivity index (χ1n) is 13.1. The third-order valence-corrected chi connectivity index (χ3v) is 6.97. The molecule has 0 saturated heterocycles. The normalized spacial score (nSPS) is 13.5. The highest BCUT2D eigenvalue weighted by molar-refractivity contribution is 5.96. The lowest BCUT2D eigenvalue weighted by Gasteiger charge is -2.21. The van der Waals surface area contributed by atoms with Gasteiger partial charge < -0.3 is 29.6 Å². The molecule has 1 heterocycles. The Morgan fingerprint density at radius 3 is 2.24 bits per heavy atom. The molecule has 1 aromatic heterocycles. The lowest BCUT2D eigenvalue weighted by atomic mass is 9.98.